The van der Waals surface area contributed by atoms with Crippen LogP contribution in [0.25, 0.3) is 22.5 Å². The lowest BCUT2D eigenvalue weighted by atomic mass is 9.95. The number of nitrogens with zero attached hydrogens (tertiary/aromatic N) is 3. The van der Waals surface area contributed by atoms with Crippen LogP contribution in [0.3, 0.4) is 0 Å². The van der Waals surface area contributed by atoms with Crippen molar-refractivity contribution in [2.45, 2.75) is 102 Å². The first-order chi connectivity index (χ1) is 31.9. The third-order valence-electron chi connectivity index (χ3n) is 11.9. The maximum Gasteiger partial charge on any atom is 0.335 e. The first-order valence-corrected chi connectivity index (χ1v) is 24.4. The molecule has 66 heavy (non-hydrogen) atoms. The van der Waals surface area contributed by atoms with Crippen LogP contribution in [0.1, 0.15) is 106 Å². The molecule has 2 heterocycles. The monoisotopic (exact) mass is 917 g/mol. The summed E-state index contributed by atoms with van der Waals surface area (Å²) in [6.45, 7) is 5.92. The third-order valence-corrected chi connectivity index (χ3v) is 13.3. The molecule has 2 aromatic heterocycles. The summed E-state index contributed by atoms with van der Waals surface area (Å²) < 4.78 is 45.3. The molecule has 0 aliphatic rings. The number of carbonyl (C=O) groups excluding carboxylic acids is 2. The topological polar surface area (TPSA) is 163 Å². The first kappa shape index (κ1) is 49.1. The summed E-state index contributed by atoms with van der Waals surface area (Å²) in [6.07, 6.45) is 11.1. The van der Waals surface area contributed by atoms with Crippen molar-refractivity contribution in [3.8, 4) is 40.0 Å². The number of Topliss-reactive ketones (excluding diaryl/α,β-unsaturated/α-hetero) is 1. The molecule has 0 aliphatic carbocycles. The van der Waals surface area contributed by atoms with Crippen molar-refractivity contribution in [1.29, 1.82) is 0 Å². The number of hydrogen-bond acceptors (Lipinski definition) is 8. The summed E-state index contributed by atoms with van der Waals surface area (Å²) >= 11 is 0. The van der Waals surface area contributed by atoms with Crippen molar-refractivity contribution in [3.63, 3.8) is 0 Å². The van der Waals surface area contributed by atoms with Gasteiger partial charge in [-0.2, -0.15) is 0 Å². The van der Waals surface area contributed by atoms with Gasteiger partial charge < -0.3 is 24.5 Å². The van der Waals surface area contributed by atoms with Gasteiger partial charge in [-0.3, -0.25) is 14.2 Å². The molecule has 0 spiro atoms. The van der Waals surface area contributed by atoms with Gasteiger partial charge >= 0.3 is 5.69 Å². The average Bonchev–Trinajstić information content (AvgIpc) is 3.71. The van der Waals surface area contributed by atoms with E-state index in [-0.39, 0.29) is 47.5 Å². The summed E-state index contributed by atoms with van der Waals surface area (Å²) in [5, 5.41) is 14.7. The number of ketones is 1. The number of imidazole rings is 1. The summed E-state index contributed by atoms with van der Waals surface area (Å²) in [7, 11) is -0.853. The van der Waals surface area contributed by atoms with E-state index in [0.29, 0.717) is 34.5 Å². The van der Waals surface area contributed by atoms with Gasteiger partial charge in [0.05, 0.1) is 42.2 Å². The fraction of sp³-hybridized carbons (Fsp3) is 0.365. The van der Waals surface area contributed by atoms with Gasteiger partial charge in [-0.1, -0.05) is 156 Å². The molecule has 14 heteroatoms. The number of nitrogens with one attached hydrogen (secondary N) is 2. The van der Waals surface area contributed by atoms with Gasteiger partial charge in [0.15, 0.2) is 11.8 Å². The largest absolute Gasteiger partial charge is 0.495 e. The molecule has 0 bridgehead atoms. The molecule has 3 N–H and O–H groups in total. The average molecular weight is 918 g/mol. The van der Waals surface area contributed by atoms with Crippen LogP contribution in [0.5, 0.6) is 17.5 Å². The fourth-order valence-electron chi connectivity index (χ4n) is 8.56. The second-order valence-corrected chi connectivity index (χ2v) is 18.2. The van der Waals surface area contributed by atoms with Crippen LogP contribution in [-0.4, -0.2) is 59.2 Å². The lowest BCUT2D eigenvalue weighted by molar-refractivity contribution is -0.118. The van der Waals surface area contributed by atoms with E-state index in [9.17, 15) is 18.3 Å². The molecule has 0 aliphatic heterocycles. The number of methoxy groups -OCH3 is 1. The molecule has 6 rings (SSSR count). The van der Waals surface area contributed by atoms with Crippen molar-refractivity contribution < 1.29 is 32.6 Å². The van der Waals surface area contributed by atoms with Crippen molar-refractivity contribution in [2.75, 3.05) is 25.6 Å². The van der Waals surface area contributed by atoms with Crippen LogP contribution in [0.15, 0.2) is 119 Å². The number of carbonyl (C=O) groups is 2. The molecule has 350 valence electrons. The number of ether oxygens (including phenoxy) is 2. The van der Waals surface area contributed by atoms with Crippen molar-refractivity contribution >= 4 is 27.4 Å². The van der Waals surface area contributed by atoms with E-state index in [1.807, 2.05) is 78.3 Å². The number of benzene rings is 4. The van der Waals surface area contributed by atoms with Crippen LogP contribution in [0.2, 0.25) is 0 Å². The minimum atomic E-state index is -4.05. The highest BCUT2D eigenvalue weighted by atomic mass is 32.2. The molecule has 1 atom stereocenters. The van der Waals surface area contributed by atoms with Crippen LogP contribution in [0.4, 0.5) is 5.69 Å². The van der Waals surface area contributed by atoms with Crippen LogP contribution < -0.4 is 25.2 Å². The molecule has 13 nitrogen and oxygen atoms in total. The molecule has 0 saturated heterocycles. The smallest absolute Gasteiger partial charge is 0.335 e. The van der Waals surface area contributed by atoms with Gasteiger partial charge in [0.1, 0.15) is 5.75 Å². The van der Waals surface area contributed by atoms with Gasteiger partial charge in [0.2, 0.25) is 10.0 Å². The van der Waals surface area contributed by atoms with Gasteiger partial charge in [-0.15, -0.1) is 0 Å². The van der Waals surface area contributed by atoms with E-state index in [4.69, 9.17) is 9.47 Å². The molecule has 1 unspecified atom stereocenters. The minimum Gasteiger partial charge on any atom is -0.495 e. The molecule has 0 fully saturated rings. The number of sulfonamides is 1. The SMILES string of the molecule is CCCCCCCCCCCCNS(=O)(=O)c1ccc(OC)c(NC(=O)C(C(=O)c2c(C)c(-c3ccccc3)n(C)c2-c2ccccc2)n2c(O)c(OCC)n(Cc3ccccc3)c2=O)c1. The van der Waals surface area contributed by atoms with Gasteiger partial charge in [-0.25, -0.2) is 22.5 Å². The maximum absolute atomic E-state index is 15.7. The first-order valence-electron chi connectivity index (χ1n) is 23.0. The quantitative estimate of drug-likeness (QED) is 0.0290. The number of hydrogen-bond donors (Lipinski definition) is 3. The summed E-state index contributed by atoms with van der Waals surface area (Å²) in [5.41, 5.74) is 3.09. The van der Waals surface area contributed by atoms with E-state index in [2.05, 4.69) is 17.0 Å². The Kier molecular flexibility index (Phi) is 17.2. The fourth-order valence-corrected chi connectivity index (χ4v) is 9.66. The Morgan fingerprint density at radius 2 is 1.32 bits per heavy atom. The number of rotatable bonds is 25. The van der Waals surface area contributed by atoms with Crippen molar-refractivity contribution in [3.05, 3.63) is 136 Å². The third kappa shape index (κ3) is 11.3. The predicted octanol–water partition coefficient (Wildman–Crippen LogP) is 10.1. The molecule has 6 aromatic rings. The predicted molar refractivity (Wildman–Crippen MR) is 260 cm³/mol. The minimum absolute atomic E-state index is 0.0459. The van der Waals surface area contributed by atoms with E-state index < -0.39 is 39.3 Å². The van der Waals surface area contributed by atoms with E-state index >= 15 is 9.59 Å². The molecule has 1 amide bonds. The Labute approximate surface area is 388 Å². The number of amides is 1. The van der Waals surface area contributed by atoms with Crippen molar-refractivity contribution in [1.82, 2.24) is 18.4 Å². The highest BCUT2D eigenvalue weighted by Crippen LogP contribution is 2.40. The van der Waals surface area contributed by atoms with Gasteiger partial charge in [0.25, 0.3) is 17.7 Å². The molecule has 4 aromatic carbocycles. The normalized spacial score (nSPS) is 12.0. The van der Waals surface area contributed by atoms with Crippen LogP contribution in [0, 0.1) is 6.92 Å². The zero-order chi connectivity index (χ0) is 47.2. The van der Waals surface area contributed by atoms with E-state index in [1.54, 1.807) is 38.1 Å². The molecule has 0 saturated carbocycles. The number of unbranched alkanes of at least 4 members (excludes halogenated alkanes) is 9. The summed E-state index contributed by atoms with van der Waals surface area (Å²) in [6, 6.07) is 29.8. The lowest BCUT2D eigenvalue weighted by Gasteiger charge is -2.20. The molecule has 0 radical (unpaired) electrons. The Hall–Kier alpha value is -6.38. The van der Waals surface area contributed by atoms with Gasteiger partial charge in [-0.05, 0) is 60.7 Å². The number of aromatic hydroxyl groups is 1. The highest BCUT2D eigenvalue weighted by Gasteiger charge is 2.40. The second kappa shape index (κ2) is 23.2. The van der Waals surface area contributed by atoms with E-state index in [1.165, 1.54) is 68.4 Å². The maximum atomic E-state index is 15.7. The summed E-state index contributed by atoms with van der Waals surface area (Å²) in [4.78, 5) is 45.4. The number of anilines is 1. The Bertz CT molecular complexity index is 2730. The Morgan fingerprint density at radius 1 is 0.758 bits per heavy atom. The van der Waals surface area contributed by atoms with Crippen molar-refractivity contribution in [2.24, 2.45) is 7.05 Å². The molecular formula is C52H63N5O8S. The standard InChI is InChI=1S/C52H63N5O8S/c1-6-8-9-10-11-12-13-14-15-25-34-53-66(62,63)41-32-33-43(64-5)42(35-41)54-49(59)47(57-50(60)51(65-7-2)56(52(57)61)36-38-26-19-16-20-27-38)48(58)44-37(3)45(39-28-21-17-22-29-39)55(4)46(44)40-30-23-18-24-31-40/h16-24,26-33,35,47,53,60H,6-15,25,34,36H2,1-5H3,(H,54,59). The Balaban J connectivity index is 1.40. The lowest BCUT2D eigenvalue weighted by Crippen LogP contribution is -2.39. The molecular weight excluding hydrogens is 855 g/mol. The zero-order valence-corrected chi connectivity index (χ0v) is 39.5. The second-order valence-electron chi connectivity index (χ2n) is 16.5. The van der Waals surface area contributed by atoms with Crippen LogP contribution in [-0.2, 0) is 28.4 Å². The highest BCUT2D eigenvalue weighted by molar-refractivity contribution is 7.89. The summed E-state index contributed by atoms with van der Waals surface area (Å²) in [5.74, 6) is -2.70. The van der Waals surface area contributed by atoms with E-state index in [0.717, 1.165) is 29.4 Å². The van der Waals surface area contributed by atoms with Gasteiger partial charge in [0, 0.05) is 19.2 Å². The number of aromatic nitrogens is 3. The Morgan fingerprint density at radius 3 is 1.89 bits per heavy atom. The van der Waals surface area contributed by atoms with Crippen LogP contribution >= 0.6 is 0 Å². The zero-order valence-electron chi connectivity index (χ0n) is 38.7.